The molecule has 0 unspecified atom stereocenters. The molecule has 0 aliphatic heterocycles. The molecule has 7 nitrogen and oxygen atoms in total. The Kier molecular flexibility index (Phi) is 5.83. The molecular formula is C21H25N5O2S. The van der Waals surface area contributed by atoms with Gasteiger partial charge in [0.2, 0.25) is 0 Å². The number of aryl methyl sites for hydroxylation is 3. The number of nitrogen functional groups attached to an aromatic ring is 1. The Bertz CT molecular complexity index is 1090. The molecule has 0 saturated carbocycles. The summed E-state index contributed by atoms with van der Waals surface area (Å²) in [6.45, 7) is 6.56. The highest BCUT2D eigenvalue weighted by Crippen LogP contribution is 2.35. The van der Waals surface area contributed by atoms with Crippen molar-refractivity contribution in [2.45, 2.75) is 20.8 Å². The molecule has 0 saturated heterocycles. The quantitative estimate of drug-likeness (QED) is 0.697. The Labute approximate surface area is 174 Å². The van der Waals surface area contributed by atoms with Crippen LogP contribution in [0.25, 0.3) is 10.2 Å². The van der Waals surface area contributed by atoms with Crippen molar-refractivity contribution in [1.82, 2.24) is 20.0 Å². The molecule has 2 amide bonds. The predicted molar refractivity (Wildman–Crippen MR) is 116 cm³/mol. The number of nitrogens with zero attached hydrogens (tertiary/aromatic N) is 4. The summed E-state index contributed by atoms with van der Waals surface area (Å²) < 4.78 is 0. The van der Waals surface area contributed by atoms with Gasteiger partial charge in [-0.15, -0.1) is 16.4 Å². The first-order valence-electron chi connectivity index (χ1n) is 9.30. The minimum atomic E-state index is -0.182. The molecule has 0 spiro atoms. The van der Waals surface area contributed by atoms with E-state index in [1.165, 1.54) is 11.3 Å². The van der Waals surface area contributed by atoms with Crippen LogP contribution < -0.4 is 5.73 Å². The van der Waals surface area contributed by atoms with Gasteiger partial charge in [0.1, 0.15) is 9.71 Å². The summed E-state index contributed by atoms with van der Waals surface area (Å²) in [5.74, 6) is -0.253. The Balaban J connectivity index is 1.71. The maximum atomic E-state index is 12.9. The number of benzene rings is 1. The first-order chi connectivity index (χ1) is 13.7. The summed E-state index contributed by atoms with van der Waals surface area (Å²) in [4.78, 5) is 29.8. The molecule has 0 aliphatic rings. The fraction of sp³-hybridized carbons (Fsp3) is 0.333. The van der Waals surface area contributed by atoms with Gasteiger partial charge in [0.25, 0.3) is 11.8 Å². The fourth-order valence-electron chi connectivity index (χ4n) is 3.07. The topological polar surface area (TPSA) is 92.4 Å². The molecular weight excluding hydrogens is 386 g/mol. The second-order valence-corrected chi connectivity index (χ2v) is 8.26. The molecule has 0 aliphatic carbocycles. The molecule has 0 atom stereocenters. The number of hydrogen-bond donors (Lipinski definition) is 1. The Hall–Kier alpha value is -3.00. The highest BCUT2D eigenvalue weighted by Gasteiger charge is 2.23. The Morgan fingerprint density at radius 1 is 1.03 bits per heavy atom. The number of amides is 2. The van der Waals surface area contributed by atoms with Crippen LogP contribution in [0.5, 0.6) is 0 Å². The minimum Gasteiger partial charge on any atom is -0.397 e. The van der Waals surface area contributed by atoms with Crippen molar-refractivity contribution >= 4 is 39.1 Å². The Morgan fingerprint density at radius 3 is 2.34 bits per heavy atom. The van der Waals surface area contributed by atoms with E-state index >= 15 is 0 Å². The first kappa shape index (κ1) is 20.7. The molecule has 1 aromatic carbocycles. The van der Waals surface area contributed by atoms with Crippen LogP contribution >= 0.6 is 11.3 Å². The lowest BCUT2D eigenvalue weighted by molar-refractivity contribution is 0.0721. The molecule has 3 aromatic rings. The van der Waals surface area contributed by atoms with Gasteiger partial charge < -0.3 is 15.5 Å². The number of carbonyl (C=O) groups excluding carboxylic acids is 2. The summed E-state index contributed by atoms with van der Waals surface area (Å²) in [5, 5.41) is 9.08. The normalized spacial score (nSPS) is 10.9. The third-order valence-corrected chi connectivity index (χ3v) is 6.14. The summed E-state index contributed by atoms with van der Waals surface area (Å²) >= 11 is 1.25. The number of fused-ring (bicyclic) bond motifs is 1. The number of rotatable bonds is 5. The highest BCUT2D eigenvalue weighted by atomic mass is 32.1. The lowest BCUT2D eigenvalue weighted by atomic mass is 10.1. The summed E-state index contributed by atoms with van der Waals surface area (Å²) in [6.07, 6.45) is 0. The summed E-state index contributed by atoms with van der Waals surface area (Å²) in [7, 11) is 3.44. The van der Waals surface area contributed by atoms with Gasteiger partial charge in [-0.1, -0.05) is 17.7 Å². The number of likely N-dealkylation sites (N-methyl/N-ethyl adjacent to an activating group) is 2. The average Bonchev–Trinajstić information content (AvgIpc) is 3.04. The molecule has 152 valence electrons. The van der Waals surface area contributed by atoms with Crippen LogP contribution in [0.4, 0.5) is 5.69 Å². The van der Waals surface area contributed by atoms with Gasteiger partial charge >= 0.3 is 0 Å². The third-order valence-electron chi connectivity index (χ3n) is 5.06. The first-order valence-corrected chi connectivity index (χ1v) is 10.1. The van der Waals surface area contributed by atoms with Crippen LogP contribution in [-0.4, -0.2) is 59.0 Å². The zero-order chi connectivity index (χ0) is 21.3. The zero-order valence-corrected chi connectivity index (χ0v) is 18.1. The van der Waals surface area contributed by atoms with E-state index in [4.69, 9.17) is 5.73 Å². The second kappa shape index (κ2) is 8.16. The molecule has 2 N–H and O–H groups in total. The lowest BCUT2D eigenvalue weighted by Gasteiger charge is -2.22. The molecule has 2 heterocycles. The second-order valence-electron chi connectivity index (χ2n) is 7.26. The smallest absolute Gasteiger partial charge is 0.265 e. The monoisotopic (exact) mass is 411 g/mol. The summed E-state index contributed by atoms with van der Waals surface area (Å²) in [6, 6.07) is 7.47. The van der Waals surface area contributed by atoms with E-state index in [0.29, 0.717) is 34.0 Å². The maximum Gasteiger partial charge on any atom is 0.265 e. The van der Waals surface area contributed by atoms with Crippen LogP contribution in [0.1, 0.15) is 36.9 Å². The van der Waals surface area contributed by atoms with E-state index in [1.807, 2.05) is 39.0 Å². The van der Waals surface area contributed by atoms with Crippen molar-refractivity contribution in [3.8, 4) is 0 Å². The number of nitrogens with two attached hydrogens (primary N) is 1. The van der Waals surface area contributed by atoms with Crippen molar-refractivity contribution in [3.63, 3.8) is 0 Å². The zero-order valence-electron chi connectivity index (χ0n) is 17.3. The minimum absolute atomic E-state index is 0.0719. The van der Waals surface area contributed by atoms with E-state index in [2.05, 4.69) is 10.2 Å². The van der Waals surface area contributed by atoms with Crippen molar-refractivity contribution in [2.24, 2.45) is 0 Å². The van der Waals surface area contributed by atoms with Crippen LogP contribution in [0.15, 0.2) is 24.3 Å². The van der Waals surface area contributed by atoms with Crippen LogP contribution in [0.3, 0.4) is 0 Å². The van der Waals surface area contributed by atoms with Gasteiger partial charge in [0.15, 0.2) is 0 Å². The number of anilines is 1. The van der Waals surface area contributed by atoms with E-state index in [0.717, 1.165) is 22.2 Å². The molecule has 0 bridgehead atoms. The van der Waals surface area contributed by atoms with Crippen LogP contribution in [0, 0.1) is 20.8 Å². The van der Waals surface area contributed by atoms with E-state index in [1.54, 1.807) is 30.0 Å². The molecule has 3 rings (SSSR count). The van der Waals surface area contributed by atoms with Crippen molar-refractivity contribution in [1.29, 1.82) is 0 Å². The maximum absolute atomic E-state index is 12.9. The van der Waals surface area contributed by atoms with Crippen molar-refractivity contribution in [2.75, 3.05) is 32.9 Å². The van der Waals surface area contributed by atoms with Gasteiger partial charge in [-0.2, -0.15) is 5.10 Å². The van der Waals surface area contributed by atoms with Gasteiger partial charge in [0.05, 0.1) is 11.4 Å². The van der Waals surface area contributed by atoms with Gasteiger partial charge in [-0.25, -0.2) is 0 Å². The lowest BCUT2D eigenvalue weighted by Crippen LogP contribution is -2.37. The number of thiophene rings is 1. The third kappa shape index (κ3) is 4.07. The van der Waals surface area contributed by atoms with E-state index < -0.39 is 0 Å². The van der Waals surface area contributed by atoms with Gasteiger partial charge in [-0.3, -0.25) is 9.59 Å². The molecule has 0 fully saturated rings. The van der Waals surface area contributed by atoms with Crippen LogP contribution in [0.2, 0.25) is 0 Å². The number of hydrogen-bond acceptors (Lipinski definition) is 6. The van der Waals surface area contributed by atoms with Crippen molar-refractivity contribution < 1.29 is 9.59 Å². The largest absolute Gasteiger partial charge is 0.397 e. The molecule has 0 radical (unpaired) electrons. The summed E-state index contributed by atoms with van der Waals surface area (Å²) in [5.41, 5.74) is 10.1. The average molecular weight is 412 g/mol. The van der Waals surface area contributed by atoms with Gasteiger partial charge in [0, 0.05) is 38.1 Å². The van der Waals surface area contributed by atoms with Gasteiger partial charge in [-0.05, 0) is 38.5 Å². The molecule has 8 heteroatoms. The van der Waals surface area contributed by atoms with E-state index in [-0.39, 0.29) is 11.8 Å². The van der Waals surface area contributed by atoms with Crippen molar-refractivity contribution in [3.05, 3.63) is 51.5 Å². The predicted octanol–water partition coefficient (Wildman–Crippen LogP) is 3.04. The SMILES string of the molecule is Cc1cccc(C(=O)N(C)CCN(C)C(=O)c2sc3nnc(C)c(C)c3c2N)c1. The molecule has 2 aromatic heterocycles. The van der Waals surface area contributed by atoms with Crippen LogP contribution in [-0.2, 0) is 0 Å². The Morgan fingerprint density at radius 2 is 1.69 bits per heavy atom. The highest BCUT2D eigenvalue weighted by molar-refractivity contribution is 7.21. The van der Waals surface area contributed by atoms with E-state index in [9.17, 15) is 9.59 Å². The standard InChI is InChI=1S/C21H25N5O2S/c1-12-7-6-8-15(11-12)20(27)25(4)9-10-26(5)21(28)18-17(22)16-13(2)14(3)23-24-19(16)29-18/h6-8,11H,9-10,22H2,1-5H3. The number of aromatic nitrogens is 2. The fourth-order valence-corrected chi connectivity index (χ4v) is 4.17. The molecule has 29 heavy (non-hydrogen) atoms. The number of carbonyl (C=O) groups is 2.